The van der Waals surface area contributed by atoms with E-state index in [2.05, 4.69) is 10.3 Å². The number of aryl methyl sites for hydroxylation is 1. The van der Waals surface area contributed by atoms with Crippen LogP contribution in [0.5, 0.6) is 0 Å². The highest BCUT2D eigenvalue weighted by atomic mass is 35.5. The minimum atomic E-state index is -0.313. The van der Waals surface area contributed by atoms with Crippen LogP contribution in [0, 0.1) is 12.8 Å². The van der Waals surface area contributed by atoms with Crippen LogP contribution in [0.3, 0.4) is 0 Å². The molecule has 1 saturated heterocycles. The number of carbonyl (C=O) groups is 2. The number of anilines is 1. The molecule has 1 N–H and O–H groups in total. The summed E-state index contributed by atoms with van der Waals surface area (Å²) in [5.41, 5.74) is 1.20. The number of carbonyl (C=O) groups excluding carboxylic acids is 2. The van der Waals surface area contributed by atoms with Crippen molar-refractivity contribution in [3.05, 3.63) is 23.0 Å². The minimum Gasteiger partial charge on any atom is -0.345 e. The number of hydrogen-bond acceptors (Lipinski definition) is 3. The Bertz CT molecular complexity index is 504. The van der Waals surface area contributed by atoms with E-state index in [4.69, 9.17) is 11.6 Å². The lowest BCUT2D eigenvalue weighted by atomic mass is 10.1. The lowest BCUT2D eigenvalue weighted by molar-refractivity contribution is -0.127. The van der Waals surface area contributed by atoms with E-state index in [0.717, 1.165) is 0 Å². The molecule has 1 aliphatic rings. The van der Waals surface area contributed by atoms with Gasteiger partial charge in [0.2, 0.25) is 11.8 Å². The number of pyridine rings is 1. The number of hydrogen-bond donors (Lipinski definition) is 1. The van der Waals surface area contributed by atoms with E-state index in [1.807, 2.05) is 0 Å². The van der Waals surface area contributed by atoms with E-state index in [1.165, 1.54) is 0 Å². The van der Waals surface area contributed by atoms with Gasteiger partial charge in [-0.25, -0.2) is 0 Å². The molecule has 0 unspecified atom stereocenters. The topological polar surface area (TPSA) is 62.3 Å². The fourth-order valence-corrected chi connectivity index (χ4v) is 2.08. The van der Waals surface area contributed by atoms with Crippen molar-refractivity contribution >= 4 is 29.1 Å². The third kappa shape index (κ3) is 2.46. The molecule has 0 saturated carbocycles. The summed E-state index contributed by atoms with van der Waals surface area (Å²) in [6.07, 6.45) is 1.84. The third-order valence-electron chi connectivity index (χ3n) is 3.03. The van der Waals surface area contributed by atoms with Crippen molar-refractivity contribution in [3.63, 3.8) is 0 Å². The molecule has 0 radical (unpaired) electrons. The van der Waals surface area contributed by atoms with E-state index < -0.39 is 0 Å². The highest BCUT2D eigenvalue weighted by Crippen LogP contribution is 2.25. The van der Waals surface area contributed by atoms with Gasteiger partial charge in [0.1, 0.15) is 0 Å². The van der Waals surface area contributed by atoms with Crippen molar-refractivity contribution in [2.75, 3.05) is 18.9 Å². The number of halogens is 1. The molecule has 0 aromatic carbocycles. The largest absolute Gasteiger partial charge is 0.345 e. The molecule has 6 heteroatoms. The van der Waals surface area contributed by atoms with Crippen LogP contribution in [0.1, 0.15) is 12.1 Å². The van der Waals surface area contributed by atoms with E-state index in [9.17, 15) is 9.59 Å². The van der Waals surface area contributed by atoms with Gasteiger partial charge in [0.25, 0.3) is 0 Å². The van der Waals surface area contributed by atoms with Crippen LogP contribution < -0.4 is 5.32 Å². The molecule has 5 nitrogen and oxygen atoms in total. The molecule has 2 amide bonds. The molecule has 1 aromatic heterocycles. The minimum absolute atomic E-state index is 0.00726. The monoisotopic (exact) mass is 267 g/mol. The van der Waals surface area contributed by atoms with E-state index >= 15 is 0 Å². The Morgan fingerprint density at radius 2 is 2.33 bits per heavy atom. The van der Waals surface area contributed by atoms with Gasteiger partial charge >= 0.3 is 0 Å². The summed E-state index contributed by atoms with van der Waals surface area (Å²) in [6.45, 7) is 2.22. The van der Waals surface area contributed by atoms with E-state index in [1.54, 1.807) is 31.1 Å². The molecule has 2 rings (SSSR count). The molecule has 2 heterocycles. The second-order valence-electron chi connectivity index (χ2n) is 4.42. The van der Waals surface area contributed by atoms with Gasteiger partial charge in [-0.05, 0) is 13.0 Å². The fourth-order valence-electron chi connectivity index (χ4n) is 1.92. The van der Waals surface area contributed by atoms with Crippen LogP contribution in [-0.4, -0.2) is 35.3 Å². The normalized spacial score (nSPS) is 19.2. The van der Waals surface area contributed by atoms with Gasteiger partial charge in [-0.1, -0.05) is 11.6 Å². The van der Waals surface area contributed by atoms with Crippen molar-refractivity contribution in [2.45, 2.75) is 13.3 Å². The number of nitrogens with one attached hydrogen (secondary N) is 1. The van der Waals surface area contributed by atoms with Gasteiger partial charge in [-0.3, -0.25) is 14.6 Å². The maximum absolute atomic E-state index is 12.0. The first-order valence-corrected chi connectivity index (χ1v) is 6.02. The molecule has 0 aliphatic carbocycles. The molecule has 1 aromatic rings. The summed E-state index contributed by atoms with van der Waals surface area (Å²) in [5.74, 6) is -0.501. The van der Waals surface area contributed by atoms with Gasteiger partial charge in [0, 0.05) is 26.2 Å². The lowest BCUT2D eigenvalue weighted by Gasteiger charge is -2.12. The molecule has 18 heavy (non-hydrogen) atoms. The summed E-state index contributed by atoms with van der Waals surface area (Å²) in [6, 6.07) is 1.65. The van der Waals surface area contributed by atoms with E-state index in [0.29, 0.717) is 22.9 Å². The van der Waals surface area contributed by atoms with Gasteiger partial charge in [0.15, 0.2) is 0 Å². The highest BCUT2D eigenvalue weighted by molar-refractivity contribution is 6.34. The molecular formula is C12H14ClN3O2. The summed E-state index contributed by atoms with van der Waals surface area (Å²) in [4.78, 5) is 29.0. The van der Waals surface area contributed by atoms with Crippen molar-refractivity contribution in [1.29, 1.82) is 0 Å². The Balaban J connectivity index is 2.08. The van der Waals surface area contributed by atoms with Crippen LogP contribution >= 0.6 is 11.6 Å². The standard InChI is InChI=1S/C12H14ClN3O2/c1-7-11(13)9(3-4-14-7)15-12(18)8-5-10(17)16(2)6-8/h3-4,8H,5-6H2,1-2H3,(H,14,15,18)/t8-/m1/s1. The second-order valence-corrected chi connectivity index (χ2v) is 4.80. The summed E-state index contributed by atoms with van der Waals surface area (Å²) in [5, 5.41) is 3.18. The number of likely N-dealkylation sites (tertiary alicyclic amines) is 1. The number of nitrogens with zero attached hydrogens (tertiary/aromatic N) is 2. The summed E-state index contributed by atoms with van der Waals surface area (Å²) < 4.78 is 0. The van der Waals surface area contributed by atoms with Gasteiger partial charge in [0.05, 0.1) is 22.3 Å². The molecule has 0 bridgehead atoms. The Morgan fingerprint density at radius 3 is 2.94 bits per heavy atom. The smallest absolute Gasteiger partial charge is 0.229 e. The van der Waals surface area contributed by atoms with Gasteiger partial charge in [-0.2, -0.15) is 0 Å². The zero-order chi connectivity index (χ0) is 13.3. The van der Waals surface area contributed by atoms with Crippen LogP contribution in [0.25, 0.3) is 0 Å². The zero-order valence-corrected chi connectivity index (χ0v) is 11.0. The van der Waals surface area contributed by atoms with Crippen molar-refractivity contribution < 1.29 is 9.59 Å². The highest BCUT2D eigenvalue weighted by Gasteiger charge is 2.32. The van der Waals surface area contributed by atoms with Gasteiger partial charge < -0.3 is 10.2 Å². The number of rotatable bonds is 2. The summed E-state index contributed by atoms with van der Waals surface area (Å²) >= 11 is 6.05. The molecule has 1 atom stereocenters. The van der Waals surface area contributed by atoms with Crippen LogP contribution in [0.4, 0.5) is 5.69 Å². The Kier molecular flexibility index (Phi) is 3.52. The van der Waals surface area contributed by atoms with Crippen molar-refractivity contribution in [2.24, 2.45) is 5.92 Å². The first-order chi connectivity index (χ1) is 8.49. The molecule has 1 aliphatic heterocycles. The third-order valence-corrected chi connectivity index (χ3v) is 3.51. The molecule has 1 fully saturated rings. The van der Waals surface area contributed by atoms with Crippen LogP contribution in [-0.2, 0) is 9.59 Å². The number of amides is 2. The Morgan fingerprint density at radius 1 is 1.61 bits per heavy atom. The van der Waals surface area contributed by atoms with E-state index in [-0.39, 0.29) is 24.2 Å². The lowest BCUT2D eigenvalue weighted by Crippen LogP contribution is -2.25. The molecule has 96 valence electrons. The van der Waals surface area contributed by atoms with Crippen molar-refractivity contribution in [1.82, 2.24) is 9.88 Å². The maximum Gasteiger partial charge on any atom is 0.229 e. The zero-order valence-electron chi connectivity index (χ0n) is 10.2. The van der Waals surface area contributed by atoms with Gasteiger partial charge in [-0.15, -0.1) is 0 Å². The second kappa shape index (κ2) is 4.94. The molecule has 0 spiro atoms. The first kappa shape index (κ1) is 12.8. The Labute approximate surface area is 110 Å². The maximum atomic E-state index is 12.0. The fraction of sp³-hybridized carbons (Fsp3) is 0.417. The molecular weight excluding hydrogens is 254 g/mol. The predicted octanol–water partition coefficient (Wildman–Crippen LogP) is 1.46. The number of aromatic nitrogens is 1. The summed E-state index contributed by atoms with van der Waals surface area (Å²) in [7, 11) is 1.69. The quantitative estimate of drug-likeness (QED) is 0.882. The van der Waals surface area contributed by atoms with Crippen LogP contribution in [0.2, 0.25) is 5.02 Å². The van der Waals surface area contributed by atoms with Crippen LogP contribution in [0.15, 0.2) is 12.3 Å². The average Bonchev–Trinajstić information content (AvgIpc) is 2.66. The Hall–Kier alpha value is -1.62. The first-order valence-electron chi connectivity index (χ1n) is 5.65. The predicted molar refractivity (Wildman–Crippen MR) is 68.4 cm³/mol. The average molecular weight is 268 g/mol. The SMILES string of the molecule is Cc1nccc(NC(=O)[C@@H]2CC(=O)N(C)C2)c1Cl. The van der Waals surface area contributed by atoms with Crippen molar-refractivity contribution in [3.8, 4) is 0 Å².